The van der Waals surface area contributed by atoms with Crippen molar-refractivity contribution in [2.75, 3.05) is 6.61 Å². The molecule has 0 amide bonds. The molecule has 1 N–H and O–H groups in total. The van der Waals surface area contributed by atoms with Crippen LogP contribution in [0.25, 0.3) is 0 Å². The van der Waals surface area contributed by atoms with Crippen molar-refractivity contribution >= 4 is 11.6 Å². The molecule has 0 bridgehead atoms. The van der Waals surface area contributed by atoms with Crippen molar-refractivity contribution < 1.29 is 4.74 Å². The minimum atomic E-state index is 0.653. The zero-order valence-corrected chi connectivity index (χ0v) is 12.0. The maximum Gasteiger partial charge on any atom is 0.142 e. The number of ether oxygens (including phenoxy) is 1. The van der Waals surface area contributed by atoms with Crippen LogP contribution in [0.1, 0.15) is 38.7 Å². The summed E-state index contributed by atoms with van der Waals surface area (Å²) in [5, 5.41) is 4.22. The van der Waals surface area contributed by atoms with Crippen molar-refractivity contribution in [1.29, 1.82) is 0 Å². The molecule has 1 aromatic carbocycles. The van der Waals surface area contributed by atoms with Gasteiger partial charge in [0.15, 0.2) is 0 Å². The Morgan fingerprint density at radius 3 is 2.83 bits per heavy atom. The van der Waals surface area contributed by atoms with Gasteiger partial charge < -0.3 is 10.1 Å². The highest BCUT2D eigenvalue weighted by atomic mass is 35.5. The number of benzene rings is 1. The van der Waals surface area contributed by atoms with Gasteiger partial charge >= 0.3 is 0 Å². The fourth-order valence-electron chi connectivity index (χ4n) is 1.79. The van der Waals surface area contributed by atoms with Gasteiger partial charge in [0.2, 0.25) is 0 Å². The molecule has 1 fully saturated rings. The number of hydrogen-bond acceptors (Lipinski definition) is 2. The summed E-state index contributed by atoms with van der Waals surface area (Å²) >= 11 is 6.22. The number of para-hydroxylation sites is 1. The molecule has 2 nitrogen and oxygen atoms in total. The Bertz CT molecular complexity index is 388. The lowest BCUT2D eigenvalue weighted by Gasteiger charge is -2.14. The van der Waals surface area contributed by atoms with Crippen LogP contribution in [-0.4, -0.2) is 12.6 Å². The van der Waals surface area contributed by atoms with E-state index < -0.39 is 0 Å². The summed E-state index contributed by atoms with van der Waals surface area (Å²) in [7, 11) is 0. The molecule has 0 heterocycles. The van der Waals surface area contributed by atoms with E-state index in [1.807, 2.05) is 12.1 Å². The average molecular weight is 268 g/mol. The lowest BCUT2D eigenvalue weighted by molar-refractivity contribution is 0.286. The van der Waals surface area contributed by atoms with E-state index in [2.05, 4.69) is 25.2 Å². The Morgan fingerprint density at radius 1 is 1.39 bits per heavy atom. The van der Waals surface area contributed by atoms with Crippen LogP contribution >= 0.6 is 11.6 Å². The normalized spacial score (nSPS) is 15.1. The summed E-state index contributed by atoms with van der Waals surface area (Å²) < 4.78 is 5.86. The van der Waals surface area contributed by atoms with Gasteiger partial charge in [-0.3, -0.25) is 0 Å². The summed E-state index contributed by atoms with van der Waals surface area (Å²) in [5.74, 6) is 1.51. The first-order valence-corrected chi connectivity index (χ1v) is 7.18. The molecule has 18 heavy (non-hydrogen) atoms. The Balaban J connectivity index is 1.95. The Kier molecular flexibility index (Phi) is 4.90. The molecule has 1 saturated carbocycles. The molecule has 100 valence electrons. The Morgan fingerprint density at radius 2 is 2.17 bits per heavy atom. The van der Waals surface area contributed by atoms with Gasteiger partial charge in [0.05, 0.1) is 11.6 Å². The number of rotatable bonds is 7. The van der Waals surface area contributed by atoms with Gasteiger partial charge in [-0.1, -0.05) is 37.6 Å². The number of hydrogen-bond donors (Lipinski definition) is 1. The van der Waals surface area contributed by atoms with E-state index in [1.54, 1.807) is 0 Å². The van der Waals surface area contributed by atoms with Gasteiger partial charge in [-0.05, 0) is 31.2 Å². The molecular formula is C15H22ClNO. The summed E-state index contributed by atoms with van der Waals surface area (Å²) in [4.78, 5) is 0. The topological polar surface area (TPSA) is 21.3 Å². The molecular weight excluding hydrogens is 246 g/mol. The zero-order valence-electron chi connectivity index (χ0n) is 11.2. The Hall–Kier alpha value is -0.730. The predicted octanol–water partition coefficient (Wildman–Crippen LogP) is 4.02. The summed E-state index contributed by atoms with van der Waals surface area (Å²) in [5.41, 5.74) is 1.16. The Labute approximate surface area is 115 Å². The van der Waals surface area contributed by atoms with Gasteiger partial charge in [0.25, 0.3) is 0 Å². The predicted molar refractivity (Wildman–Crippen MR) is 76.3 cm³/mol. The van der Waals surface area contributed by atoms with E-state index in [0.717, 1.165) is 30.9 Å². The number of nitrogens with one attached hydrogen (secondary N) is 1. The second-order valence-electron chi connectivity index (χ2n) is 5.41. The van der Waals surface area contributed by atoms with Gasteiger partial charge in [0.1, 0.15) is 5.75 Å². The van der Waals surface area contributed by atoms with Crippen molar-refractivity contribution in [2.45, 2.75) is 45.7 Å². The second kappa shape index (κ2) is 6.44. The molecule has 1 aliphatic carbocycles. The summed E-state index contributed by atoms with van der Waals surface area (Å²) in [6, 6.07) is 6.67. The SMILES string of the molecule is CC(C)CCOc1c(Cl)cccc1CNC1CC1. The van der Waals surface area contributed by atoms with E-state index in [-0.39, 0.29) is 0 Å². The van der Waals surface area contributed by atoms with Crippen LogP contribution in [0.5, 0.6) is 5.75 Å². The summed E-state index contributed by atoms with van der Waals surface area (Å²) in [6.45, 7) is 5.98. The number of halogens is 1. The van der Waals surface area contributed by atoms with Crippen LogP contribution in [0.15, 0.2) is 18.2 Å². The third-order valence-electron chi connectivity index (χ3n) is 3.15. The molecule has 1 aliphatic rings. The third-order valence-corrected chi connectivity index (χ3v) is 3.45. The van der Waals surface area contributed by atoms with Gasteiger partial charge in [-0.2, -0.15) is 0 Å². The van der Waals surface area contributed by atoms with E-state index >= 15 is 0 Å². The van der Waals surface area contributed by atoms with Crippen molar-refractivity contribution in [3.05, 3.63) is 28.8 Å². The lowest BCUT2D eigenvalue weighted by atomic mass is 10.1. The quantitative estimate of drug-likeness (QED) is 0.806. The van der Waals surface area contributed by atoms with Gasteiger partial charge in [-0.15, -0.1) is 0 Å². The van der Waals surface area contributed by atoms with Crippen molar-refractivity contribution in [3.63, 3.8) is 0 Å². The molecule has 0 radical (unpaired) electrons. The van der Waals surface area contributed by atoms with Crippen molar-refractivity contribution in [1.82, 2.24) is 5.32 Å². The van der Waals surface area contributed by atoms with E-state index in [4.69, 9.17) is 16.3 Å². The first-order valence-electron chi connectivity index (χ1n) is 6.80. The third kappa shape index (κ3) is 4.18. The highest BCUT2D eigenvalue weighted by molar-refractivity contribution is 6.32. The van der Waals surface area contributed by atoms with E-state index in [1.165, 1.54) is 12.8 Å². The highest BCUT2D eigenvalue weighted by Gasteiger charge is 2.21. The minimum absolute atomic E-state index is 0.653. The molecule has 3 heteroatoms. The van der Waals surface area contributed by atoms with Crippen LogP contribution in [-0.2, 0) is 6.54 Å². The lowest BCUT2D eigenvalue weighted by Crippen LogP contribution is -2.16. The molecule has 2 rings (SSSR count). The van der Waals surface area contributed by atoms with E-state index in [0.29, 0.717) is 17.0 Å². The maximum absolute atomic E-state index is 6.22. The summed E-state index contributed by atoms with van der Waals surface area (Å²) in [6.07, 6.45) is 3.65. The fourth-order valence-corrected chi connectivity index (χ4v) is 2.04. The maximum atomic E-state index is 6.22. The van der Waals surface area contributed by atoms with Crippen LogP contribution in [0.2, 0.25) is 5.02 Å². The molecule has 1 aromatic rings. The van der Waals surface area contributed by atoms with E-state index in [9.17, 15) is 0 Å². The highest BCUT2D eigenvalue weighted by Crippen LogP contribution is 2.30. The monoisotopic (exact) mass is 267 g/mol. The average Bonchev–Trinajstić information content (AvgIpc) is 3.12. The zero-order chi connectivity index (χ0) is 13.0. The van der Waals surface area contributed by atoms with Crippen LogP contribution in [0.3, 0.4) is 0 Å². The molecule has 0 unspecified atom stereocenters. The smallest absolute Gasteiger partial charge is 0.142 e. The molecule has 0 atom stereocenters. The largest absolute Gasteiger partial charge is 0.492 e. The van der Waals surface area contributed by atoms with Crippen molar-refractivity contribution in [3.8, 4) is 5.75 Å². The van der Waals surface area contributed by atoms with Crippen LogP contribution in [0.4, 0.5) is 0 Å². The standard InChI is InChI=1S/C15H22ClNO/c1-11(2)8-9-18-15-12(4-3-5-14(15)16)10-17-13-6-7-13/h3-5,11,13,17H,6-10H2,1-2H3. The molecule has 0 spiro atoms. The first-order chi connectivity index (χ1) is 8.66. The minimum Gasteiger partial charge on any atom is -0.492 e. The van der Waals surface area contributed by atoms with Crippen LogP contribution in [0, 0.1) is 5.92 Å². The molecule has 0 aromatic heterocycles. The molecule has 0 saturated heterocycles. The molecule has 0 aliphatic heterocycles. The fraction of sp³-hybridized carbons (Fsp3) is 0.600. The van der Waals surface area contributed by atoms with Gasteiger partial charge in [0, 0.05) is 18.2 Å². The second-order valence-corrected chi connectivity index (χ2v) is 5.82. The first kappa shape index (κ1) is 13.7. The van der Waals surface area contributed by atoms with Crippen molar-refractivity contribution in [2.24, 2.45) is 5.92 Å². The van der Waals surface area contributed by atoms with Crippen LogP contribution < -0.4 is 10.1 Å². The van der Waals surface area contributed by atoms with Gasteiger partial charge in [-0.25, -0.2) is 0 Å².